The maximum atomic E-state index is 13.0. The van der Waals surface area contributed by atoms with Gasteiger partial charge in [0.05, 0.1) is 104 Å². The van der Waals surface area contributed by atoms with Crippen LogP contribution in [0, 0.1) is 57.8 Å². The van der Waals surface area contributed by atoms with E-state index < -0.39 is 79.5 Å². The number of nitrogens with zero attached hydrogens (tertiary/aromatic N) is 17. The molecule has 5 saturated carbocycles. The van der Waals surface area contributed by atoms with E-state index in [1.54, 1.807) is 55.9 Å². The average molecular weight is 1820 g/mol. The van der Waals surface area contributed by atoms with E-state index in [2.05, 4.69) is 119 Å². The molecule has 5 aliphatic carbocycles. The Morgan fingerprint density at radius 2 is 0.895 bits per heavy atom. The number of fused-ring (bicyclic) bond motifs is 5. The molecule has 0 aromatic carbocycles. The number of rotatable bonds is 22. The Bertz CT molecular complexity index is 6780. The number of carbonyl (C=O) groups is 6. The van der Waals surface area contributed by atoms with Crippen molar-refractivity contribution in [1.82, 2.24) is 98.2 Å². The van der Waals surface area contributed by atoms with Crippen LogP contribution in [-0.2, 0) is 72.1 Å². The molecule has 133 heavy (non-hydrogen) atoms. The second kappa shape index (κ2) is 38.3. The molecule has 2 unspecified atom stereocenters. The predicted molar refractivity (Wildman–Crippen MR) is 491 cm³/mol. The van der Waals surface area contributed by atoms with Crippen molar-refractivity contribution in [2.45, 2.75) is 212 Å². The molecule has 1 aliphatic heterocycles. The fraction of sp³-hybridized carbons (Fsp3) is 0.458. The summed E-state index contributed by atoms with van der Waals surface area (Å²) in [5.74, 6) is -2.02. The van der Waals surface area contributed by atoms with E-state index in [4.69, 9.17) is 20.6 Å². The number of ether oxygens (including phenoxy) is 3. The fourth-order valence-corrected chi connectivity index (χ4v) is 20.2. The Balaban J connectivity index is 0.000000136. The summed E-state index contributed by atoms with van der Waals surface area (Å²) < 4.78 is 30.5. The summed E-state index contributed by atoms with van der Waals surface area (Å²) in [7, 11) is 2.82. The normalized spacial score (nSPS) is 18.5. The second-order valence-electron chi connectivity index (χ2n) is 36.7. The molecular formula is C96H112N20O17. The summed E-state index contributed by atoms with van der Waals surface area (Å²) >= 11 is 0. The number of amides is 4. The number of carbonyl (C=O) groups excluding carboxylic acids is 6. The summed E-state index contributed by atoms with van der Waals surface area (Å²) in [6.45, 7) is 19.0. The maximum Gasteiger partial charge on any atom is 0.309 e. The first-order valence-corrected chi connectivity index (χ1v) is 45.1. The number of esters is 2. The van der Waals surface area contributed by atoms with E-state index >= 15 is 0 Å². The zero-order valence-corrected chi connectivity index (χ0v) is 76.4. The molecule has 0 radical (unpaired) electrons. The zero-order chi connectivity index (χ0) is 94.8. The standard InChI is InChI=1S/C27H35N5O5.C24H27N5O5.C23H27N5O4.C22H23N5O3/c1-18-15-32(24-19(18)9-7-13-28-24)27(11-5-6-12-27)17-31-16-20(33)23(35)22(30-31)25(36)29-14-8-10-21(34)37-26(2,3)4;1-4-34-23(33)18-15-8-24(9-16(15)18,29-10-13(2)14-6-5-7-26-21(14)29)12-28-11-17(30)20(31)19(27-28)22(32)25-3;1-16-13-28(21-17(16)5-4-8-24-21)23(6-2-3-7-23)15-27-14-18(29)20(30)19(25-27)22(31)26-9-11-32-12-10-26;1-4-15-11-27(20-16(15)9-14(2)10-24-20)22(7-5-6-8-22)13-26-12-17(28)19(29)18(25-26)21(30)23-3/h7,9,13,15-16,33H,5-6,8,10-12,14,17H2,1-4H3,(H,29,36);5-7,10-11,15-16,18,30H,4,8-9,12H2,1-3H3,(H,25,32);4-5,8,13-14,29H,2-3,6-7,9-12,15H2,1H3;1,9-12,28H,5-8,13H2,2-3H3,(H,23,30)/t;15-,16+,18?,24?;;. The van der Waals surface area contributed by atoms with E-state index in [0.717, 1.165) is 149 Å². The van der Waals surface area contributed by atoms with Gasteiger partial charge in [-0.1, -0.05) is 44.4 Å². The molecular weight excluding hydrogens is 1710 g/mol. The largest absolute Gasteiger partial charge is 0.503 e. The van der Waals surface area contributed by atoms with Crippen LogP contribution in [0.4, 0.5) is 0 Å². The van der Waals surface area contributed by atoms with Gasteiger partial charge in [-0.2, -0.15) is 20.4 Å². The highest BCUT2D eigenvalue weighted by Crippen LogP contribution is 2.64. The van der Waals surface area contributed by atoms with Gasteiger partial charge >= 0.3 is 11.9 Å². The van der Waals surface area contributed by atoms with E-state index in [0.29, 0.717) is 78.4 Å². The van der Waals surface area contributed by atoms with Crippen LogP contribution in [0.15, 0.2) is 136 Å². The Labute approximate surface area is 764 Å². The molecule has 12 aromatic heterocycles. The molecule has 37 heteroatoms. The highest BCUT2D eigenvalue weighted by molar-refractivity contribution is 5.94. The van der Waals surface area contributed by atoms with Gasteiger partial charge in [0.2, 0.25) is 0 Å². The average Bonchev–Trinajstić information content (AvgIpc) is 1.53. The Kier molecular flexibility index (Phi) is 26.9. The zero-order valence-electron chi connectivity index (χ0n) is 76.4. The predicted octanol–water partition coefficient (Wildman–Crippen LogP) is 8.98. The van der Waals surface area contributed by atoms with Crippen molar-refractivity contribution in [2.75, 3.05) is 53.6 Å². The number of hydrogen-bond acceptors (Lipinski definition) is 25. The first-order chi connectivity index (χ1) is 63.6. The summed E-state index contributed by atoms with van der Waals surface area (Å²) in [5.41, 5.74) is 1.98. The first-order valence-electron chi connectivity index (χ1n) is 45.1. The maximum absolute atomic E-state index is 13.0. The number of nitrogens with one attached hydrogen (secondary N) is 3. The third-order valence-electron chi connectivity index (χ3n) is 26.5. The van der Waals surface area contributed by atoms with Crippen LogP contribution in [0.3, 0.4) is 0 Å². The van der Waals surface area contributed by atoms with Crippen molar-refractivity contribution < 1.29 is 63.4 Å². The van der Waals surface area contributed by atoms with Gasteiger partial charge in [0.25, 0.3) is 45.3 Å². The smallest absolute Gasteiger partial charge is 0.309 e. The highest BCUT2D eigenvalue weighted by Gasteiger charge is 2.66. The van der Waals surface area contributed by atoms with Crippen LogP contribution in [0.25, 0.3) is 44.1 Å². The molecule has 13 heterocycles. The van der Waals surface area contributed by atoms with Gasteiger partial charge < -0.3 is 73.8 Å². The van der Waals surface area contributed by atoms with Gasteiger partial charge in [0.1, 0.15) is 28.2 Å². The molecule has 6 aliphatic rings. The molecule has 18 rings (SSSR count). The van der Waals surface area contributed by atoms with Crippen molar-refractivity contribution in [1.29, 1.82) is 0 Å². The lowest BCUT2D eigenvalue weighted by atomic mass is 9.90. The van der Waals surface area contributed by atoms with Crippen LogP contribution in [0.2, 0.25) is 0 Å². The van der Waals surface area contributed by atoms with Crippen molar-refractivity contribution in [3.05, 3.63) is 208 Å². The van der Waals surface area contributed by atoms with Crippen LogP contribution < -0.4 is 37.7 Å². The number of aryl methyl sites for hydroxylation is 4. The lowest BCUT2D eigenvalue weighted by Crippen LogP contribution is -2.43. The van der Waals surface area contributed by atoms with Crippen LogP contribution in [0.1, 0.15) is 200 Å². The van der Waals surface area contributed by atoms with Gasteiger partial charge in [0.15, 0.2) is 45.8 Å². The molecule has 698 valence electrons. The number of morpholine rings is 1. The third-order valence-corrected chi connectivity index (χ3v) is 26.5. The lowest BCUT2D eigenvalue weighted by Gasteiger charge is -2.34. The van der Waals surface area contributed by atoms with E-state index in [9.17, 15) is 68.4 Å². The van der Waals surface area contributed by atoms with Crippen molar-refractivity contribution >= 4 is 79.7 Å². The third kappa shape index (κ3) is 19.1. The monoisotopic (exact) mass is 1820 g/mol. The highest BCUT2D eigenvalue weighted by atomic mass is 16.6. The Morgan fingerprint density at radius 1 is 0.519 bits per heavy atom. The molecule has 12 aromatic rings. The van der Waals surface area contributed by atoms with E-state index in [-0.39, 0.29) is 82.1 Å². The van der Waals surface area contributed by atoms with Crippen molar-refractivity contribution in [3.8, 4) is 35.3 Å². The van der Waals surface area contributed by atoms with E-state index in [1.165, 1.54) is 52.9 Å². The first kappa shape index (κ1) is 93.5. The van der Waals surface area contributed by atoms with Crippen LogP contribution in [-0.4, -0.2) is 197 Å². The molecule has 0 bridgehead atoms. The van der Waals surface area contributed by atoms with Gasteiger partial charge in [-0.25, -0.2) is 19.9 Å². The topological polar surface area (TPSA) is 461 Å². The fourth-order valence-electron chi connectivity index (χ4n) is 20.2. The van der Waals surface area contributed by atoms with Crippen LogP contribution in [0.5, 0.6) is 23.0 Å². The van der Waals surface area contributed by atoms with Gasteiger partial charge in [-0.05, 0) is 190 Å². The van der Waals surface area contributed by atoms with Crippen molar-refractivity contribution in [2.24, 2.45) is 17.8 Å². The molecule has 4 amide bonds. The molecule has 0 spiro atoms. The number of pyridine rings is 4. The Morgan fingerprint density at radius 3 is 1.29 bits per heavy atom. The Hall–Kier alpha value is -14.2. The van der Waals surface area contributed by atoms with Crippen molar-refractivity contribution in [3.63, 3.8) is 0 Å². The molecule has 1 saturated heterocycles. The van der Waals surface area contributed by atoms with Crippen LogP contribution >= 0.6 is 0 Å². The quantitative estimate of drug-likeness (QED) is 0.0189. The lowest BCUT2D eigenvalue weighted by molar-refractivity contribution is -0.155. The number of aromatic hydroxyl groups is 4. The number of terminal acetylenes is 1. The summed E-state index contributed by atoms with van der Waals surface area (Å²) in [6.07, 6.45) is 39.7. The SMILES string of the molecule is C#Cc1cn(C2(Cn3cc(O)c(=O)c(C(=O)NC)n3)CCCC2)c2ncc(C)cc12.CCOC(=O)C1[C@H]2CC(Cn3cc(O)c(=O)c(C(=O)NC)n3)(n3cc(C)c4cccnc43)C[C@@H]12.Cc1cn(C2(Cn3cc(O)c(=O)c(C(=O)N4CCOCC4)n3)CCCC2)c2ncccc12.Cc1cn(C2(Cn3cc(O)c(=O)c(C(=O)NCCCC(=O)OC(C)(C)C)n3)CCCC2)c2ncccc12. The minimum Gasteiger partial charge on any atom is -0.503 e. The summed E-state index contributed by atoms with van der Waals surface area (Å²) in [4.78, 5) is 144. The van der Waals surface area contributed by atoms with Gasteiger partial charge in [-0.15, -0.1) is 6.42 Å². The molecule has 7 N–H and O–H groups in total. The number of aromatic nitrogens is 16. The van der Waals surface area contributed by atoms with Gasteiger partial charge in [0, 0.05) is 111 Å². The molecule has 6 fully saturated rings. The minimum absolute atomic E-state index is 0.110. The summed E-state index contributed by atoms with van der Waals surface area (Å²) in [5, 5.41) is 69.8. The van der Waals surface area contributed by atoms with Gasteiger partial charge in [-0.3, -0.25) is 66.7 Å². The second-order valence-corrected chi connectivity index (χ2v) is 36.7. The minimum atomic E-state index is -0.828. The molecule has 4 atom stereocenters. The summed E-state index contributed by atoms with van der Waals surface area (Å²) in [6, 6.07) is 13.9. The molecule has 37 nitrogen and oxygen atoms in total. The van der Waals surface area contributed by atoms with E-state index in [1.807, 2.05) is 62.6 Å². The number of hydrogen-bond donors (Lipinski definition) is 7.